The number of nitrogens with one attached hydrogen (secondary N) is 1. The van der Waals surface area contributed by atoms with Crippen LogP contribution < -0.4 is 5.32 Å². The molecule has 0 spiro atoms. The first-order chi connectivity index (χ1) is 13.1. The predicted octanol–water partition coefficient (Wildman–Crippen LogP) is 4.51. The van der Waals surface area contributed by atoms with Gasteiger partial charge in [-0.25, -0.2) is 0 Å². The Labute approximate surface area is 171 Å². The number of hydrogen-bond acceptors (Lipinski definition) is 4. The van der Waals surface area contributed by atoms with Crippen molar-refractivity contribution >= 4 is 15.9 Å². The molecule has 2 unspecified atom stereocenters. The van der Waals surface area contributed by atoms with E-state index in [2.05, 4.69) is 5.32 Å². The summed E-state index contributed by atoms with van der Waals surface area (Å²) in [5.74, 6) is -0.101. The fourth-order valence-electron chi connectivity index (χ4n) is 6.29. The highest BCUT2D eigenvalue weighted by atomic mass is 32.2. The van der Waals surface area contributed by atoms with Crippen molar-refractivity contribution in [1.82, 2.24) is 5.32 Å². The van der Waals surface area contributed by atoms with Crippen molar-refractivity contribution in [3.8, 4) is 0 Å². The van der Waals surface area contributed by atoms with E-state index in [-0.39, 0.29) is 17.1 Å². The summed E-state index contributed by atoms with van der Waals surface area (Å²) in [6, 6.07) is 1.74. The summed E-state index contributed by atoms with van der Waals surface area (Å²) in [6.45, 7) is 3.89. The zero-order valence-corrected chi connectivity index (χ0v) is 18.5. The van der Waals surface area contributed by atoms with Crippen molar-refractivity contribution in [2.75, 3.05) is 5.75 Å². The van der Waals surface area contributed by atoms with Crippen LogP contribution in [0, 0.1) is 16.7 Å². The van der Waals surface area contributed by atoms with E-state index in [1.807, 2.05) is 13.8 Å². The molecule has 2 atom stereocenters. The monoisotopic (exact) mass is 413 g/mol. The molecule has 0 saturated heterocycles. The molecule has 2 N–H and O–H groups in total. The zero-order chi connectivity index (χ0) is 20.4. The molecule has 4 aliphatic rings. The Kier molecular flexibility index (Phi) is 6.93. The molecule has 0 radical (unpaired) electrons. The van der Waals surface area contributed by atoms with Gasteiger partial charge in [-0.15, -0.1) is 0 Å². The van der Waals surface area contributed by atoms with Crippen LogP contribution in [0.25, 0.3) is 0 Å². The Hall–Kier alpha value is -0.460. The summed E-state index contributed by atoms with van der Waals surface area (Å²) in [7, 11) is -4.08. The molecule has 6 heteroatoms. The van der Waals surface area contributed by atoms with Crippen LogP contribution in [0.15, 0.2) is 0 Å². The summed E-state index contributed by atoms with van der Waals surface area (Å²) >= 11 is 0. The van der Waals surface area contributed by atoms with E-state index in [4.69, 9.17) is 4.55 Å². The lowest BCUT2D eigenvalue weighted by molar-refractivity contribution is -0.128. The third-order valence-electron chi connectivity index (χ3n) is 8.25. The van der Waals surface area contributed by atoms with Gasteiger partial charge in [0.25, 0.3) is 10.1 Å². The molecule has 0 heterocycles. The first-order valence-electron chi connectivity index (χ1n) is 11.4. The number of Topliss-reactive ketones (excluding diaryl/α,β-unsaturated/α-hetero) is 1. The Bertz CT molecular complexity index is 631. The van der Waals surface area contributed by atoms with Gasteiger partial charge in [0.05, 0.1) is 11.2 Å². The maximum atomic E-state index is 11.9. The van der Waals surface area contributed by atoms with E-state index in [0.717, 1.165) is 18.5 Å². The highest BCUT2D eigenvalue weighted by Gasteiger charge is 2.65. The third-order valence-corrected chi connectivity index (χ3v) is 9.11. The summed E-state index contributed by atoms with van der Waals surface area (Å²) in [5, 5.41) is 3.86. The average Bonchev–Trinajstić information content (AvgIpc) is 2.97. The van der Waals surface area contributed by atoms with Crippen molar-refractivity contribution in [3.63, 3.8) is 0 Å². The van der Waals surface area contributed by atoms with Crippen molar-refractivity contribution in [1.29, 1.82) is 0 Å². The van der Waals surface area contributed by atoms with Gasteiger partial charge < -0.3 is 5.32 Å². The fourth-order valence-corrected chi connectivity index (χ4v) is 7.59. The summed E-state index contributed by atoms with van der Waals surface area (Å²) in [5.41, 5.74) is -1.12. The molecule has 0 aliphatic heterocycles. The van der Waals surface area contributed by atoms with Crippen LogP contribution in [0.2, 0.25) is 0 Å². The van der Waals surface area contributed by atoms with Gasteiger partial charge in [-0.3, -0.25) is 9.35 Å². The van der Waals surface area contributed by atoms with E-state index in [0.29, 0.717) is 12.8 Å². The van der Waals surface area contributed by atoms with Gasteiger partial charge in [-0.2, -0.15) is 8.42 Å². The normalized spacial score (nSPS) is 33.5. The zero-order valence-electron chi connectivity index (χ0n) is 17.7. The summed E-state index contributed by atoms with van der Waals surface area (Å²) in [6.07, 6.45) is 16.5. The lowest BCUT2D eigenvalue weighted by Gasteiger charge is -2.35. The van der Waals surface area contributed by atoms with E-state index in [9.17, 15) is 13.2 Å². The van der Waals surface area contributed by atoms with Crippen molar-refractivity contribution in [2.24, 2.45) is 16.7 Å². The van der Waals surface area contributed by atoms with Crippen molar-refractivity contribution in [3.05, 3.63) is 0 Å². The van der Waals surface area contributed by atoms with E-state index in [1.54, 1.807) is 0 Å². The van der Waals surface area contributed by atoms with Gasteiger partial charge in [0.15, 0.2) is 0 Å². The number of hydrogen-bond donors (Lipinski definition) is 2. The molecule has 4 rings (SSSR count). The van der Waals surface area contributed by atoms with Crippen molar-refractivity contribution in [2.45, 2.75) is 109 Å². The maximum absolute atomic E-state index is 11.9. The molecule has 0 aromatic heterocycles. The SMILES string of the molecule is C1CCC(NC2CCCCC2)CC1.CC1(C)C2CCC1(CS(=O)(=O)O)C(=O)C2. The number of fused-ring (bicyclic) bond motifs is 2. The number of ketones is 1. The molecule has 4 aliphatic carbocycles. The van der Waals surface area contributed by atoms with Crippen LogP contribution in [0.4, 0.5) is 0 Å². The minimum Gasteiger partial charge on any atom is -0.311 e. The molecular formula is C22H39NO4S. The standard InChI is InChI=1S/C12H23N.C10H16O4S/c1-3-7-11(8-4-1)13-12-9-5-2-6-10-12;1-9(2)7-3-4-10(9,8(11)5-7)6-15(12,13)14/h11-13H,1-10H2;7H,3-6H2,1-2H3,(H,12,13,14). The molecule has 28 heavy (non-hydrogen) atoms. The number of rotatable bonds is 4. The fraction of sp³-hybridized carbons (Fsp3) is 0.955. The quantitative estimate of drug-likeness (QED) is 0.663. The second-order valence-corrected chi connectivity index (χ2v) is 11.7. The first-order valence-corrected chi connectivity index (χ1v) is 13.0. The highest BCUT2D eigenvalue weighted by Crippen LogP contribution is 2.64. The molecule has 4 fully saturated rings. The van der Waals surface area contributed by atoms with E-state index in [1.165, 1.54) is 64.2 Å². The smallest absolute Gasteiger partial charge is 0.265 e. The first kappa shape index (κ1) is 22.2. The molecular weight excluding hydrogens is 374 g/mol. The third kappa shape index (κ3) is 4.81. The van der Waals surface area contributed by atoms with Crippen LogP contribution >= 0.6 is 0 Å². The van der Waals surface area contributed by atoms with Gasteiger partial charge >= 0.3 is 0 Å². The van der Waals surface area contributed by atoms with Gasteiger partial charge in [-0.05, 0) is 49.9 Å². The Balaban J connectivity index is 0.000000162. The molecule has 162 valence electrons. The maximum Gasteiger partial charge on any atom is 0.265 e. The molecule has 0 amide bonds. The number of carbonyl (C=O) groups excluding carboxylic acids is 1. The highest BCUT2D eigenvalue weighted by molar-refractivity contribution is 7.85. The largest absolute Gasteiger partial charge is 0.311 e. The van der Waals surface area contributed by atoms with Crippen LogP contribution in [0.3, 0.4) is 0 Å². The topological polar surface area (TPSA) is 83.5 Å². The minimum atomic E-state index is -4.08. The van der Waals surface area contributed by atoms with Gasteiger partial charge in [0.1, 0.15) is 5.78 Å². The molecule has 0 aromatic rings. The van der Waals surface area contributed by atoms with Gasteiger partial charge in [0.2, 0.25) is 0 Å². The molecule has 2 bridgehead atoms. The van der Waals surface area contributed by atoms with Gasteiger partial charge in [0, 0.05) is 18.5 Å². The lowest BCUT2D eigenvalue weighted by Crippen LogP contribution is -2.42. The summed E-state index contributed by atoms with van der Waals surface area (Å²) < 4.78 is 31.0. The average molecular weight is 414 g/mol. The second-order valence-electron chi connectivity index (χ2n) is 10.2. The molecule has 5 nitrogen and oxygen atoms in total. The van der Waals surface area contributed by atoms with E-state index < -0.39 is 21.3 Å². The van der Waals surface area contributed by atoms with Crippen LogP contribution in [0.1, 0.15) is 97.3 Å². The van der Waals surface area contributed by atoms with E-state index >= 15 is 0 Å². The molecule has 0 aromatic carbocycles. The van der Waals surface area contributed by atoms with Crippen molar-refractivity contribution < 1.29 is 17.8 Å². The minimum absolute atomic E-state index is 0.0152. The summed E-state index contributed by atoms with van der Waals surface area (Å²) in [4.78, 5) is 11.9. The number of carbonyl (C=O) groups is 1. The van der Waals surface area contributed by atoms with Crippen LogP contribution in [-0.4, -0.2) is 36.6 Å². The Morgan fingerprint density at radius 3 is 1.79 bits per heavy atom. The lowest BCUT2D eigenvalue weighted by atomic mass is 9.70. The predicted molar refractivity (Wildman–Crippen MR) is 112 cm³/mol. The van der Waals surface area contributed by atoms with Crippen LogP contribution in [0.5, 0.6) is 0 Å². The Morgan fingerprint density at radius 1 is 0.929 bits per heavy atom. The molecule has 4 saturated carbocycles. The van der Waals surface area contributed by atoms with Crippen LogP contribution in [-0.2, 0) is 14.9 Å². The Morgan fingerprint density at radius 2 is 1.43 bits per heavy atom. The van der Waals surface area contributed by atoms with Gasteiger partial charge in [-0.1, -0.05) is 52.4 Å². The second kappa shape index (κ2) is 8.73.